The zero-order valence-corrected chi connectivity index (χ0v) is 8.04. The largest absolute Gasteiger partial charge is 0.303 e. The molecule has 0 amide bonds. The molecule has 0 aliphatic rings. The predicted octanol–water partition coefficient (Wildman–Crippen LogP) is 1.71. The number of hydrogen-bond donors (Lipinski definition) is 0. The van der Waals surface area contributed by atoms with Gasteiger partial charge in [-0.2, -0.15) is 0 Å². The summed E-state index contributed by atoms with van der Waals surface area (Å²) in [4.78, 5) is 31.1. The molecule has 1 rings (SSSR count). The van der Waals surface area contributed by atoms with Crippen molar-refractivity contribution in [1.82, 2.24) is 0 Å². The normalized spacial score (nSPS) is 11.8. The minimum absolute atomic E-state index is 0.139. The Kier molecular flexibility index (Phi) is 3.28. The summed E-state index contributed by atoms with van der Waals surface area (Å²) in [6.07, 6.45) is 1.20. The number of nitro groups is 1. The first-order valence-electron chi connectivity index (χ1n) is 4.29. The van der Waals surface area contributed by atoms with Gasteiger partial charge in [0.25, 0.3) is 5.69 Å². The summed E-state index contributed by atoms with van der Waals surface area (Å²) in [5, 5.41) is 10.6. The van der Waals surface area contributed by atoms with Crippen LogP contribution in [0.5, 0.6) is 0 Å². The van der Waals surface area contributed by atoms with E-state index < -0.39 is 10.8 Å². The fourth-order valence-electron chi connectivity index (χ4n) is 1.25. The third kappa shape index (κ3) is 2.25. The Labute approximate surface area is 85.9 Å². The molecular formula is C10H9NO4. The van der Waals surface area contributed by atoms with E-state index >= 15 is 0 Å². The van der Waals surface area contributed by atoms with Crippen molar-refractivity contribution in [2.45, 2.75) is 12.8 Å². The Bertz CT molecular complexity index is 414. The first kappa shape index (κ1) is 11.0. The van der Waals surface area contributed by atoms with Crippen LogP contribution in [-0.4, -0.2) is 17.5 Å². The standard InChI is InChI=1S/C10H9NO4/c1-7(5-12)9-4-8(6-13)2-3-10(9)11(14)15/h2-7H,1H3. The van der Waals surface area contributed by atoms with Gasteiger partial charge in [0.2, 0.25) is 0 Å². The van der Waals surface area contributed by atoms with E-state index in [9.17, 15) is 19.7 Å². The van der Waals surface area contributed by atoms with Gasteiger partial charge in [-0.15, -0.1) is 0 Å². The minimum Gasteiger partial charge on any atom is -0.303 e. The average molecular weight is 207 g/mol. The molecule has 0 aromatic heterocycles. The highest BCUT2D eigenvalue weighted by Crippen LogP contribution is 2.25. The molecule has 78 valence electrons. The monoisotopic (exact) mass is 207 g/mol. The van der Waals surface area contributed by atoms with Gasteiger partial charge in [-0.25, -0.2) is 0 Å². The van der Waals surface area contributed by atoms with Gasteiger partial charge >= 0.3 is 0 Å². The molecule has 0 saturated heterocycles. The number of aldehydes is 2. The molecule has 0 saturated carbocycles. The fraction of sp³-hybridized carbons (Fsp3) is 0.200. The molecule has 1 atom stereocenters. The maximum Gasteiger partial charge on any atom is 0.273 e. The fourth-order valence-corrected chi connectivity index (χ4v) is 1.25. The van der Waals surface area contributed by atoms with Crippen LogP contribution in [0.25, 0.3) is 0 Å². The van der Waals surface area contributed by atoms with E-state index in [1.54, 1.807) is 6.92 Å². The Hall–Kier alpha value is -2.04. The molecule has 0 heterocycles. The van der Waals surface area contributed by atoms with Gasteiger partial charge in [0.1, 0.15) is 12.6 Å². The van der Waals surface area contributed by atoms with Crippen LogP contribution in [-0.2, 0) is 4.79 Å². The second kappa shape index (κ2) is 4.45. The molecule has 0 N–H and O–H groups in total. The summed E-state index contributed by atoms with van der Waals surface area (Å²) in [7, 11) is 0. The quantitative estimate of drug-likeness (QED) is 0.427. The van der Waals surface area contributed by atoms with Crippen LogP contribution < -0.4 is 0 Å². The average Bonchev–Trinajstić information content (AvgIpc) is 2.26. The van der Waals surface area contributed by atoms with Crippen molar-refractivity contribution in [2.75, 3.05) is 0 Å². The third-order valence-electron chi connectivity index (χ3n) is 2.08. The zero-order chi connectivity index (χ0) is 11.4. The number of carbonyl (C=O) groups is 2. The lowest BCUT2D eigenvalue weighted by Gasteiger charge is -2.05. The topological polar surface area (TPSA) is 77.3 Å². The maximum absolute atomic E-state index is 10.6. The number of nitrogens with zero attached hydrogens (tertiary/aromatic N) is 1. The van der Waals surface area contributed by atoms with Crippen molar-refractivity contribution in [3.63, 3.8) is 0 Å². The zero-order valence-electron chi connectivity index (χ0n) is 8.04. The number of carbonyl (C=O) groups excluding carboxylic acids is 2. The Morgan fingerprint density at radius 2 is 2.07 bits per heavy atom. The molecule has 1 aromatic rings. The van der Waals surface area contributed by atoms with E-state index in [1.807, 2.05) is 0 Å². The van der Waals surface area contributed by atoms with E-state index in [1.165, 1.54) is 18.2 Å². The highest BCUT2D eigenvalue weighted by atomic mass is 16.6. The van der Waals surface area contributed by atoms with E-state index in [2.05, 4.69) is 0 Å². The van der Waals surface area contributed by atoms with Crippen LogP contribution in [0.3, 0.4) is 0 Å². The van der Waals surface area contributed by atoms with Crippen molar-refractivity contribution in [3.05, 3.63) is 39.4 Å². The first-order valence-corrected chi connectivity index (χ1v) is 4.29. The van der Waals surface area contributed by atoms with E-state index in [4.69, 9.17) is 0 Å². The Morgan fingerprint density at radius 3 is 2.53 bits per heavy atom. The van der Waals surface area contributed by atoms with Crippen molar-refractivity contribution in [1.29, 1.82) is 0 Å². The predicted molar refractivity (Wildman–Crippen MR) is 53.0 cm³/mol. The molecular weight excluding hydrogens is 198 g/mol. The van der Waals surface area contributed by atoms with E-state index in [-0.39, 0.29) is 11.3 Å². The SMILES string of the molecule is CC(C=O)c1cc(C=O)ccc1[N+](=O)[O-]. The van der Waals surface area contributed by atoms with Crippen molar-refractivity contribution >= 4 is 18.3 Å². The number of hydrogen-bond acceptors (Lipinski definition) is 4. The molecule has 15 heavy (non-hydrogen) atoms. The summed E-state index contributed by atoms with van der Waals surface area (Å²) in [5.74, 6) is -0.592. The molecule has 5 heteroatoms. The van der Waals surface area contributed by atoms with E-state index in [0.717, 1.165) is 0 Å². The van der Waals surface area contributed by atoms with Crippen LogP contribution in [0.2, 0.25) is 0 Å². The second-order valence-electron chi connectivity index (χ2n) is 3.12. The van der Waals surface area contributed by atoms with Gasteiger partial charge in [-0.05, 0) is 12.1 Å². The van der Waals surface area contributed by atoms with Crippen molar-refractivity contribution < 1.29 is 14.5 Å². The molecule has 0 fully saturated rings. The van der Waals surface area contributed by atoms with Gasteiger partial charge in [0.05, 0.1) is 4.92 Å². The van der Waals surface area contributed by atoms with Gasteiger partial charge in [-0.1, -0.05) is 6.92 Å². The van der Waals surface area contributed by atoms with Crippen LogP contribution in [0.4, 0.5) is 5.69 Å². The molecule has 5 nitrogen and oxygen atoms in total. The maximum atomic E-state index is 10.6. The Morgan fingerprint density at radius 1 is 1.40 bits per heavy atom. The van der Waals surface area contributed by atoms with E-state index in [0.29, 0.717) is 18.1 Å². The number of rotatable bonds is 4. The van der Waals surface area contributed by atoms with Crippen molar-refractivity contribution in [3.8, 4) is 0 Å². The summed E-state index contributed by atoms with van der Waals surface area (Å²) < 4.78 is 0. The summed E-state index contributed by atoms with van der Waals surface area (Å²) in [5.41, 5.74) is 0.448. The lowest BCUT2D eigenvalue weighted by atomic mass is 9.98. The molecule has 0 aliphatic heterocycles. The van der Waals surface area contributed by atoms with Gasteiger partial charge < -0.3 is 4.79 Å². The van der Waals surface area contributed by atoms with Crippen LogP contribution in [0, 0.1) is 10.1 Å². The van der Waals surface area contributed by atoms with Gasteiger partial charge in [0.15, 0.2) is 0 Å². The van der Waals surface area contributed by atoms with Crippen LogP contribution in [0.15, 0.2) is 18.2 Å². The molecule has 1 unspecified atom stereocenters. The highest BCUT2D eigenvalue weighted by Gasteiger charge is 2.18. The summed E-state index contributed by atoms with van der Waals surface area (Å²) >= 11 is 0. The minimum atomic E-state index is -0.592. The second-order valence-corrected chi connectivity index (χ2v) is 3.12. The number of benzene rings is 1. The summed E-state index contributed by atoms with van der Waals surface area (Å²) in [6.45, 7) is 1.55. The summed E-state index contributed by atoms with van der Waals surface area (Å²) in [6, 6.07) is 3.95. The third-order valence-corrected chi connectivity index (χ3v) is 2.08. The van der Waals surface area contributed by atoms with Crippen LogP contribution in [0.1, 0.15) is 28.8 Å². The number of nitro benzene ring substituents is 1. The van der Waals surface area contributed by atoms with Crippen LogP contribution >= 0.6 is 0 Å². The molecule has 0 bridgehead atoms. The van der Waals surface area contributed by atoms with Gasteiger partial charge in [-0.3, -0.25) is 14.9 Å². The Balaban J connectivity index is 3.34. The molecule has 0 spiro atoms. The molecule has 0 radical (unpaired) electrons. The lowest BCUT2D eigenvalue weighted by molar-refractivity contribution is -0.385. The highest BCUT2D eigenvalue weighted by molar-refractivity contribution is 5.77. The smallest absolute Gasteiger partial charge is 0.273 e. The lowest BCUT2D eigenvalue weighted by Crippen LogP contribution is -2.01. The van der Waals surface area contributed by atoms with Crippen molar-refractivity contribution in [2.24, 2.45) is 0 Å². The molecule has 0 aliphatic carbocycles. The molecule has 1 aromatic carbocycles. The van der Waals surface area contributed by atoms with Gasteiger partial charge in [0, 0.05) is 23.1 Å². The first-order chi connectivity index (χ1) is 7.10.